The SMILES string of the molecule is COc1ccc(-c2cc(N)n(C)n2)c(O)c1OC. The van der Waals surface area contributed by atoms with Crippen LogP contribution in [0.4, 0.5) is 5.82 Å². The summed E-state index contributed by atoms with van der Waals surface area (Å²) in [4.78, 5) is 0. The lowest BCUT2D eigenvalue weighted by Crippen LogP contribution is -1.96. The molecule has 0 radical (unpaired) electrons. The molecule has 2 aromatic rings. The summed E-state index contributed by atoms with van der Waals surface area (Å²) in [7, 11) is 4.71. The molecule has 1 heterocycles. The van der Waals surface area contributed by atoms with Gasteiger partial charge in [-0.3, -0.25) is 4.68 Å². The summed E-state index contributed by atoms with van der Waals surface area (Å²) in [5.41, 5.74) is 6.84. The number of methoxy groups -OCH3 is 2. The summed E-state index contributed by atoms with van der Waals surface area (Å²) in [6, 6.07) is 5.10. The number of benzene rings is 1. The maximum absolute atomic E-state index is 10.2. The van der Waals surface area contributed by atoms with E-state index >= 15 is 0 Å². The zero-order valence-corrected chi connectivity index (χ0v) is 10.5. The van der Waals surface area contributed by atoms with Crippen molar-refractivity contribution < 1.29 is 14.6 Å². The number of hydrogen-bond donors (Lipinski definition) is 2. The lowest BCUT2D eigenvalue weighted by molar-refractivity contribution is 0.333. The van der Waals surface area contributed by atoms with E-state index in [1.165, 1.54) is 18.9 Å². The largest absolute Gasteiger partial charge is 0.504 e. The molecule has 0 saturated heterocycles. The van der Waals surface area contributed by atoms with Gasteiger partial charge in [-0.05, 0) is 12.1 Å². The molecule has 6 nitrogen and oxygen atoms in total. The third kappa shape index (κ3) is 1.81. The van der Waals surface area contributed by atoms with Crippen molar-refractivity contribution in [3.8, 4) is 28.5 Å². The van der Waals surface area contributed by atoms with Crippen molar-refractivity contribution in [2.24, 2.45) is 7.05 Å². The average molecular weight is 249 g/mol. The summed E-state index contributed by atoms with van der Waals surface area (Å²) in [6.45, 7) is 0. The number of ether oxygens (including phenoxy) is 2. The van der Waals surface area contributed by atoms with Gasteiger partial charge in [-0.1, -0.05) is 0 Å². The molecule has 3 N–H and O–H groups in total. The van der Waals surface area contributed by atoms with E-state index < -0.39 is 0 Å². The van der Waals surface area contributed by atoms with Gasteiger partial charge in [-0.2, -0.15) is 5.10 Å². The van der Waals surface area contributed by atoms with E-state index in [1.807, 2.05) is 0 Å². The van der Waals surface area contributed by atoms with Gasteiger partial charge in [0.2, 0.25) is 5.75 Å². The van der Waals surface area contributed by atoms with Crippen LogP contribution in [-0.2, 0) is 7.05 Å². The molecule has 0 aliphatic rings. The van der Waals surface area contributed by atoms with E-state index in [9.17, 15) is 5.11 Å². The normalized spacial score (nSPS) is 10.4. The zero-order valence-electron chi connectivity index (χ0n) is 10.5. The van der Waals surface area contributed by atoms with Crippen LogP contribution in [0.1, 0.15) is 0 Å². The Morgan fingerprint density at radius 2 is 2.00 bits per heavy atom. The molecule has 0 amide bonds. The second-order valence-corrected chi connectivity index (χ2v) is 3.78. The Hall–Kier alpha value is -2.37. The molecule has 18 heavy (non-hydrogen) atoms. The van der Waals surface area contributed by atoms with Crippen LogP contribution in [0.15, 0.2) is 18.2 Å². The first kappa shape index (κ1) is 12.1. The number of nitrogen functional groups attached to an aromatic ring is 1. The Kier molecular flexibility index (Phi) is 3.01. The lowest BCUT2D eigenvalue weighted by atomic mass is 10.1. The molecule has 0 saturated carbocycles. The smallest absolute Gasteiger partial charge is 0.203 e. The van der Waals surface area contributed by atoms with Crippen molar-refractivity contribution in [2.75, 3.05) is 20.0 Å². The molecule has 6 heteroatoms. The predicted molar refractivity (Wildman–Crippen MR) is 67.8 cm³/mol. The van der Waals surface area contributed by atoms with Crippen molar-refractivity contribution in [2.45, 2.75) is 0 Å². The van der Waals surface area contributed by atoms with Crippen LogP contribution in [0.2, 0.25) is 0 Å². The summed E-state index contributed by atoms with van der Waals surface area (Å²) in [5, 5.41) is 14.4. The van der Waals surface area contributed by atoms with E-state index in [2.05, 4.69) is 5.10 Å². The van der Waals surface area contributed by atoms with Crippen molar-refractivity contribution in [1.29, 1.82) is 0 Å². The van der Waals surface area contributed by atoms with Crippen molar-refractivity contribution in [3.63, 3.8) is 0 Å². The summed E-state index contributed by atoms with van der Waals surface area (Å²) in [5.74, 6) is 1.23. The molecular formula is C12H15N3O3. The number of hydrogen-bond acceptors (Lipinski definition) is 5. The van der Waals surface area contributed by atoms with E-state index in [0.29, 0.717) is 22.8 Å². The first-order valence-electron chi connectivity index (χ1n) is 5.32. The van der Waals surface area contributed by atoms with Crippen LogP contribution < -0.4 is 15.2 Å². The van der Waals surface area contributed by atoms with Crippen LogP contribution in [0.3, 0.4) is 0 Å². The lowest BCUT2D eigenvalue weighted by Gasteiger charge is -2.11. The molecule has 0 fully saturated rings. The average Bonchev–Trinajstić information content (AvgIpc) is 2.68. The van der Waals surface area contributed by atoms with E-state index in [0.717, 1.165) is 0 Å². The van der Waals surface area contributed by atoms with Crippen molar-refractivity contribution in [3.05, 3.63) is 18.2 Å². The van der Waals surface area contributed by atoms with Gasteiger partial charge in [-0.15, -0.1) is 0 Å². The standard InChI is InChI=1S/C12H15N3O3/c1-15-10(13)6-8(14-15)7-4-5-9(17-2)12(18-3)11(7)16/h4-6,16H,13H2,1-3H3. The first-order chi connectivity index (χ1) is 8.58. The van der Waals surface area contributed by atoms with Gasteiger partial charge < -0.3 is 20.3 Å². The number of aromatic hydroxyl groups is 1. The monoisotopic (exact) mass is 249 g/mol. The molecule has 0 aliphatic heterocycles. The zero-order chi connectivity index (χ0) is 13.3. The highest BCUT2D eigenvalue weighted by Gasteiger charge is 2.17. The Labute approximate surface area is 105 Å². The summed E-state index contributed by atoms with van der Waals surface area (Å²) < 4.78 is 11.8. The van der Waals surface area contributed by atoms with Gasteiger partial charge in [0, 0.05) is 18.7 Å². The number of phenolic OH excluding ortho intramolecular Hbond substituents is 1. The van der Waals surface area contributed by atoms with Gasteiger partial charge in [0.25, 0.3) is 0 Å². The second kappa shape index (κ2) is 4.48. The van der Waals surface area contributed by atoms with Gasteiger partial charge >= 0.3 is 0 Å². The third-order valence-corrected chi connectivity index (χ3v) is 2.71. The van der Waals surface area contributed by atoms with Crippen LogP contribution in [-0.4, -0.2) is 29.1 Å². The van der Waals surface area contributed by atoms with Crippen LogP contribution in [0.5, 0.6) is 17.2 Å². The number of nitrogens with zero attached hydrogens (tertiary/aromatic N) is 2. The number of aryl methyl sites for hydroxylation is 1. The fourth-order valence-corrected chi connectivity index (χ4v) is 1.73. The van der Waals surface area contributed by atoms with E-state index in [-0.39, 0.29) is 11.5 Å². The highest BCUT2D eigenvalue weighted by molar-refractivity contribution is 5.74. The number of rotatable bonds is 3. The first-order valence-corrected chi connectivity index (χ1v) is 5.32. The maximum Gasteiger partial charge on any atom is 0.203 e. The van der Waals surface area contributed by atoms with Gasteiger partial charge in [0.1, 0.15) is 5.82 Å². The number of aromatic nitrogens is 2. The second-order valence-electron chi connectivity index (χ2n) is 3.78. The quantitative estimate of drug-likeness (QED) is 0.859. The molecule has 0 atom stereocenters. The highest BCUT2D eigenvalue weighted by atomic mass is 16.5. The number of anilines is 1. The molecule has 1 aromatic carbocycles. The summed E-state index contributed by atoms with van der Waals surface area (Å²) in [6.07, 6.45) is 0. The van der Waals surface area contributed by atoms with Gasteiger partial charge in [0.15, 0.2) is 11.5 Å². The molecule has 0 unspecified atom stereocenters. The fraction of sp³-hybridized carbons (Fsp3) is 0.250. The van der Waals surface area contributed by atoms with Gasteiger partial charge in [-0.25, -0.2) is 0 Å². The van der Waals surface area contributed by atoms with Gasteiger partial charge in [0.05, 0.1) is 19.9 Å². The number of phenols is 1. The Morgan fingerprint density at radius 3 is 2.50 bits per heavy atom. The van der Waals surface area contributed by atoms with Crippen LogP contribution >= 0.6 is 0 Å². The van der Waals surface area contributed by atoms with Crippen LogP contribution in [0, 0.1) is 0 Å². The summed E-state index contributed by atoms with van der Waals surface area (Å²) >= 11 is 0. The van der Waals surface area contributed by atoms with Crippen molar-refractivity contribution in [1.82, 2.24) is 9.78 Å². The molecule has 0 spiro atoms. The van der Waals surface area contributed by atoms with E-state index in [1.54, 1.807) is 25.2 Å². The minimum absolute atomic E-state index is 0.0186. The van der Waals surface area contributed by atoms with Crippen LogP contribution in [0.25, 0.3) is 11.3 Å². The van der Waals surface area contributed by atoms with Crippen molar-refractivity contribution >= 4 is 5.82 Å². The fourth-order valence-electron chi connectivity index (χ4n) is 1.73. The topological polar surface area (TPSA) is 82.5 Å². The molecule has 1 aromatic heterocycles. The molecule has 0 aliphatic carbocycles. The maximum atomic E-state index is 10.2. The Bertz CT molecular complexity index is 559. The minimum atomic E-state index is -0.0186. The number of nitrogens with two attached hydrogens (primary N) is 1. The predicted octanol–water partition coefficient (Wildman–Crippen LogP) is 1.39. The highest BCUT2D eigenvalue weighted by Crippen LogP contribution is 2.43. The van der Waals surface area contributed by atoms with E-state index in [4.69, 9.17) is 15.2 Å². The molecular weight excluding hydrogens is 234 g/mol. The Balaban J connectivity index is 2.58. The molecule has 0 bridgehead atoms. The molecule has 96 valence electrons. The molecule has 2 rings (SSSR count). The minimum Gasteiger partial charge on any atom is -0.504 e. The Morgan fingerprint density at radius 1 is 1.28 bits per heavy atom. The third-order valence-electron chi connectivity index (χ3n) is 2.71.